The molecule has 1 amide bonds. The van der Waals surface area contributed by atoms with E-state index in [-0.39, 0.29) is 17.8 Å². The fourth-order valence-corrected chi connectivity index (χ4v) is 4.82. The molecule has 1 aliphatic rings. The Morgan fingerprint density at radius 2 is 1.73 bits per heavy atom. The number of nitrogens with one attached hydrogen (secondary N) is 2. The Morgan fingerprint density at radius 1 is 1.03 bits per heavy atom. The zero-order valence-electron chi connectivity index (χ0n) is 18.7. The Hall–Kier alpha value is -3.22. The van der Waals surface area contributed by atoms with Gasteiger partial charge in [0.25, 0.3) is 5.91 Å². The van der Waals surface area contributed by atoms with Crippen LogP contribution in [0.1, 0.15) is 28.1 Å². The molecule has 1 fully saturated rings. The average Bonchev–Trinajstić information content (AvgIpc) is 3.40. The number of piperidine rings is 1. The van der Waals surface area contributed by atoms with E-state index < -0.39 is 0 Å². The van der Waals surface area contributed by atoms with Gasteiger partial charge < -0.3 is 10.2 Å². The fraction of sp³-hybridized carbons (Fsp3) is 0.259. The maximum Gasteiger partial charge on any atom is 0.269 e. The summed E-state index contributed by atoms with van der Waals surface area (Å²) in [5.41, 5.74) is 2.30. The lowest BCUT2D eigenvalue weighted by atomic mass is 10.0. The van der Waals surface area contributed by atoms with Gasteiger partial charge in [-0.05, 0) is 54.5 Å². The zero-order valence-corrected chi connectivity index (χ0v) is 19.5. The van der Waals surface area contributed by atoms with Gasteiger partial charge in [-0.2, -0.15) is 0 Å². The van der Waals surface area contributed by atoms with E-state index in [0.717, 1.165) is 44.6 Å². The highest BCUT2D eigenvalue weighted by Gasteiger charge is 2.31. The van der Waals surface area contributed by atoms with Gasteiger partial charge in [-0.15, -0.1) is 11.3 Å². The quantitative estimate of drug-likeness (QED) is 0.346. The molecule has 33 heavy (non-hydrogen) atoms. The van der Waals surface area contributed by atoms with Crippen molar-refractivity contribution in [3.63, 3.8) is 0 Å². The number of likely N-dealkylation sites (tertiary alicyclic amines) is 1. The Kier molecular flexibility index (Phi) is 8.06. The lowest BCUT2D eigenvalue weighted by Gasteiger charge is -2.38. The van der Waals surface area contributed by atoms with E-state index in [2.05, 4.69) is 34.5 Å². The van der Waals surface area contributed by atoms with Crippen LogP contribution < -0.4 is 5.32 Å². The summed E-state index contributed by atoms with van der Waals surface area (Å²) in [6.07, 6.45) is 6.19. The minimum absolute atomic E-state index is 0.0291. The van der Waals surface area contributed by atoms with Gasteiger partial charge in [-0.25, -0.2) is 0 Å². The van der Waals surface area contributed by atoms with Crippen LogP contribution in [0.25, 0.3) is 0 Å². The summed E-state index contributed by atoms with van der Waals surface area (Å²) in [6, 6.07) is 24.1. The molecule has 0 radical (unpaired) electrons. The molecule has 6 heteroatoms. The van der Waals surface area contributed by atoms with Gasteiger partial charge in [0, 0.05) is 37.6 Å². The first kappa shape index (κ1) is 23.0. The Bertz CT molecular complexity index is 1040. The highest BCUT2D eigenvalue weighted by Crippen LogP contribution is 2.22. The molecule has 5 nitrogen and oxygen atoms in total. The lowest BCUT2D eigenvalue weighted by Crippen LogP contribution is -2.49. The van der Waals surface area contributed by atoms with Crippen molar-refractivity contribution in [3.05, 3.63) is 101 Å². The van der Waals surface area contributed by atoms with Crippen molar-refractivity contribution in [1.29, 1.82) is 5.41 Å². The largest absolute Gasteiger partial charge is 0.362 e. The molecule has 0 spiro atoms. The highest BCUT2D eigenvalue weighted by molar-refractivity contribution is 7.12. The second-order valence-corrected chi connectivity index (χ2v) is 9.14. The first-order valence-corrected chi connectivity index (χ1v) is 12.3. The highest BCUT2D eigenvalue weighted by atomic mass is 32.1. The number of thiophene rings is 1. The third-order valence-corrected chi connectivity index (χ3v) is 6.81. The van der Waals surface area contributed by atoms with Crippen molar-refractivity contribution in [1.82, 2.24) is 9.80 Å². The van der Waals surface area contributed by atoms with E-state index in [1.807, 2.05) is 53.9 Å². The molecule has 1 aromatic heterocycles. The van der Waals surface area contributed by atoms with Gasteiger partial charge >= 0.3 is 0 Å². The summed E-state index contributed by atoms with van der Waals surface area (Å²) in [5.74, 6) is 0.140. The van der Waals surface area contributed by atoms with E-state index in [4.69, 9.17) is 5.41 Å². The molecule has 4 rings (SSSR count). The first-order valence-electron chi connectivity index (χ1n) is 11.4. The normalized spacial score (nSPS) is 14.9. The maximum absolute atomic E-state index is 13.3. The summed E-state index contributed by atoms with van der Waals surface area (Å²) in [7, 11) is 0. The van der Waals surface area contributed by atoms with E-state index in [1.54, 1.807) is 17.2 Å². The number of carbonyl (C=O) groups is 1. The molecule has 0 aliphatic carbocycles. The summed E-state index contributed by atoms with van der Waals surface area (Å²) >= 11 is 1.43. The topological polar surface area (TPSA) is 59.4 Å². The van der Waals surface area contributed by atoms with Gasteiger partial charge in [0.05, 0.1) is 4.88 Å². The minimum Gasteiger partial charge on any atom is -0.362 e. The third kappa shape index (κ3) is 6.40. The second-order valence-electron chi connectivity index (χ2n) is 8.19. The van der Waals surface area contributed by atoms with Gasteiger partial charge in [0.2, 0.25) is 0 Å². The van der Waals surface area contributed by atoms with Crippen molar-refractivity contribution < 1.29 is 4.79 Å². The number of para-hydroxylation sites is 1. The van der Waals surface area contributed by atoms with Crippen LogP contribution in [-0.4, -0.2) is 47.2 Å². The van der Waals surface area contributed by atoms with Gasteiger partial charge in [-0.3, -0.25) is 15.1 Å². The van der Waals surface area contributed by atoms with Crippen molar-refractivity contribution in [2.45, 2.75) is 25.3 Å². The predicted molar refractivity (Wildman–Crippen MR) is 137 cm³/mol. The lowest BCUT2D eigenvalue weighted by molar-refractivity contribution is 0.0740. The first-order chi connectivity index (χ1) is 16.2. The number of nitrogens with zero attached hydrogens (tertiary/aromatic N) is 2. The summed E-state index contributed by atoms with van der Waals surface area (Å²) in [4.78, 5) is 18.1. The molecule has 2 N–H and O–H groups in total. The van der Waals surface area contributed by atoms with E-state index in [1.165, 1.54) is 16.9 Å². The van der Waals surface area contributed by atoms with Crippen molar-refractivity contribution in [2.75, 3.05) is 25.0 Å². The van der Waals surface area contributed by atoms with Crippen molar-refractivity contribution in [2.24, 2.45) is 0 Å². The Labute approximate surface area is 199 Å². The molecule has 2 heterocycles. The van der Waals surface area contributed by atoms with Crippen LogP contribution in [0.5, 0.6) is 0 Å². The molecule has 1 saturated heterocycles. The second kappa shape index (κ2) is 11.6. The van der Waals surface area contributed by atoms with Gasteiger partial charge in [0.1, 0.15) is 5.84 Å². The fourth-order valence-electron chi connectivity index (χ4n) is 4.16. The third-order valence-electron chi connectivity index (χ3n) is 5.96. The zero-order chi connectivity index (χ0) is 22.9. The number of benzene rings is 2. The molecule has 2 aromatic carbocycles. The van der Waals surface area contributed by atoms with Crippen molar-refractivity contribution >= 4 is 28.8 Å². The van der Waals surface area contributed by atoms with Crippen LogP contribution in [0.15, 0.2) is 90.5 Å². The molecule has 0 saturated carbocycles. The number of anilines is 1. The number of hydrogen-bond donors (Lipinski definition) is 2. The van der Waals surface area contributed by atoms with Crippen molar-refractivity contribution in [3.8, 4) is 0 Å². The smallest absolute Gasteiger partial charge is 0.269 e. The van der Waals surface area contributed by atoms with E-state index in [9.17, 15) is 4.79 Å². The number of amides is 1. The summed E-state index contributed by atoms with van der Waals surface area (Å²) in [6.45, 7) is 2.89. The minimum atomic E-state index is -0.0814. The van der Waals surface area contributed by atoms with Crippen LogP contribution >= 0.6 is 11.3 Å². The number of amidine groups is 1. The molecule has 1 aliphatic heterocycles. The van der Waals surface area contributed by atoms with Crippen LogP contribution in [0.4, 0.5) is 5.69 Å². The van der Waals surface area contributed by atoms with Crippen LogP contribution in [-0.2, 0) is 6.42 Å². The van der Waals surface area contributed by atoms with Crippen LogP contribution in [0.3, 0.4) is 0 Å². The molecule has 0 unspecified atom stereocenters. The molecule has 170 valence electrons. The average molecular weight is 459 g/mol. The van der Waals surface area contributed by atoms with E-state index in [0.29, 0.717) is 4.88 Å². The summed E-state index contributed by atoms with van der Waals surface area (Å²) in [5, 5.41) is 13.8. The molecular weight excluding hydrogens is 428 g/mol. The monoisotopic (exact) mass is 458 g/mol. The molecule has 0 bridgehead atoms. The standard InChI is InChI=1S/C27H30N4OS/c28-26(13-17-29-23-10-5-2-6-11-23)31(27(32)25-12-7-21-33-25)24-15-19-30(20-16-24)18-14-22-8-3-1-4-9-22/h1-13,17,21,24,28-29H,14-16,18-20H2/b17-13-,28-26?. The number of carbonyl (C=O) groups excluding carboxylic acids is 1. The van der Waals surface area contributed by atoms with Crippen LogP contribution in [0, 0.1) is 5.41 Å². The van der Waals surface area contributed by atoms with Crippen LogP contribution in [0.2, 0.25) is 0 Å². The predicted octanol–water partition coefficient (Wildman–Crippen LogP) is 5.50. The molecular formula is C27H30N4OS. The van der Waals surface area contributed by atoms with Gasteiger partial charge in [0.15, 0.2) is 0 Å². The maximum atomic E-state index is 13.3. The number of rotatable bonds is 8. The number of hydrogen-bond acceptors (Lipinski definition) is 5. The Balaban J connectivity index is 1.38. The Morgan fingerprint density at radius 3 is 2.39 bits per heavy atom. The summed E-state index contributed by atoms with van der Waals surface area (Å²) < 4.78 is 0. The molecule has 3 aromatic rings. The van der Waals surface area contributed by atoms with Gasteiger partial charge in [-0.1, -0.05) is 54.6 Å². The SMILES string of the molecule is N=C(/C=C\Nc1ccccc1)N(C(=O)c1cccs1)C1CCN(CCc2ccccc2)CC1. The van der Waals surface area contributed by atoms with E-state index >= 15 is 0 Å². The molecule has 0 atom stereocenters.